The average molecular weight is 670 g/mol. The summed E-state index contributed by atoms with van der Waals surface area (Å²) < 4.78 is 5.75. The minimum absolute atomic E-state index is 0.841. The van der Waals surface area contributed by atoms with Gasteiger partial charge in [0.2, 0.25) is 0 Å². The maximum absolute atomic E-state index is 5.15. The Labute approximate surface area is 296 Å². The number of benzene rings is 6. The van der Waals surface area contributed by atoms with Gasteiger partial charge in [0, 0.05) is 50.2 Å². The van der Waals surface area contributed by atoms with Crippen LogP contribution in [0, 0.1) is 0 Å². The Kier molecular flexibility index (Phi) is 6.05. The van der Waals surface area contributed by atoms with E-state index in [2.05, 4.69) is 161 Å². The molecule has 0 fully saturated rings. The Morgan fingerprint density at radius 2 is 0.941 bits per heavy atom. The summed E-state index contributed by atoms with van der Waals surface area (Å²) in [6.45, 7) is 0. The Morgan fingerprint density at radius 3 is 1.59 bits per heavy atom. The number of aromatic nitrogens is 5. The van der Waals surface area contributed by atoms with Crippen molar-refractivity contribution >= 4 is 75.5 Å². The SMILES string of the molecule is c1ccc(-n2c3ccccc3c3cc(-c4cnc5c(c4)sc4nc(-c6ccc7c(c6)c6ccccc6n7-c6ccccc6)cnc45)ccc32)cc1. The van der Waals surface area contributed by atoms with E-state index in [0.717, 1.165) is 54.3 Å². The summed E-state index contributed by atoms with van der Waals surface area (Å²) in [5, 5.41) is 4.87. The molecular formula is C45H27N5S. The lowest BCUT2D eigenvalue weighted by atomic mass is 10.0. The molecule has 6 heteroatoms. The third-order valence-corrected chi connectivity index (χ3v) is 11.0. The van der Waals surface area contributed by atoms with E-state index < -0.39 is 0 Å². The van der Waals surface area contributed by atoms with Gasteiger partial charge < -0.3 is 9.13 Å². The molecule has 0 saturated carbocycles. The smallest absolute Gasteiger partial charge is 0.145 e. The minimum Gasteiger partial charge on any atom is -0.309 e. The fourth-order valence-electron chi connectivity index (χ4n) is 7.70. The van der Waals surface area contributed by atoms with Gasteiger partial charge in [0.25, 0.3) is 0 Å². The first-order valence-electron chi connectivity index (χ1n) is 17.0. The first-order chi connectivity index (χ1) is 25.3. The number of para-hydroxylation sites is 4. The highest BCUT2D eigenvalue weighted by molar-refractivity contribution is 7.25. The normalized spacial score (nSPS) is 11.9. The summed E-state index contributed by atoms with van der Waals surface area (Å²) in [7, 11) is 0. The summed E-state index contributed by atoms with van der Waals surface area (Å²) in [6, 6.07) is 53.9. The van der Waals surface area contributed by atoms with E-state index in [1.807, 2.05) is 12.4 Å². The van der Waals surface area contributed by atoms with Crippen LogP contribution in [0.15, 0.2) is 164 Å². The molecule has 0 spiro atoms. The maximum Gasteiger partial charge on any atom is 0.145 e. The van der Waals surface area contributed by atoms with Crippen molar-refractivity contribution in [3.8, 4) is 33.8 Å². The van der Waals surface area contributed by atoms with Gasteiger partial charge in [-0.05, 0) is 72.3 Å². The summed E-state index contributed by atoms with van der Waals surface area (Å²) in [5.74, 6) is 0. The third kappa shape index (κ3) is 4.30. The van der Waals surface area contributed by atoms with Crippen molar-refractivity contribution in [3.63, 3.8) is 0 Å². The molecule has 0 saturated heterocycles. The van der Waals surface area contributed by atoms with Crippen LogP contribution in [0.1, 0.15) is 0 Å². The number of fused-ring (bicyclic) bond motifs is 9. The second kappa shape index (κ2) is 10.9. The first-order valence-corrected chi connectivity index (χ1v) is 17.8. The fourth-order valence-corrected chi connectivity index (χ4v) is 8.73. The highest BCUT2D eigenvalue weighted by Crippen LogP contribution is 2.39. The zero-order valence-electron chi connectivity index (χ0n) is 27.2. The molecule has 0 atom stereocenters. The molecule has 0 aliphatic carbocycles. The number of rotatable bonds is 4. The van der Waals surface area contributed by atoms with Gasteiger partial charge in [0.05, 0.1) is 38.7 Å². The quantitative estimate of drug-likeness (QED) is 0.187. The Balaban J connectivity index is 1.01. The second-order valence-electron chi connectivity index (χ2n) is 12.9. The molecule has 5 aromatic heterocycles. The monoisotopic (exact) mass is 669 g/mol. The molecule has 11 rings (SSSR count). The molecule has 0 amide bonds. The van der Waals surface area contributed by atoms with Crippen LogP contribution in [-0.2, 0) is 0 Å². The molecule has 0 radical (unpaired) electrons. The summed E-state index contributed by atoms with van der Waals surface area (Å²) in [4.78, 5) is 15.9. The predicted octanol–water partition coefficient (Wildman–Crippen LogP) is 11.8. The standard InChI is InChI=1S/C45H27N5S/c1-3-11-31(12-4-1)49-38-17-9-7-15-33(38)35-23-28(19-21-40(35)49)30-25-42-43(46-26-30)44-45(51-42)48-37(27-47-44)29-20-22-41-36(24-29)34-16-8-10-18-39(34)50(41)32-13-5-2-6-14-32/h1-27H. The lowest BCUT2D eigenvalue weighted by Gasteiger charge is -2.08. The van der Waals surface area contributed by atoms with E-state index in [1.165, 1.54) is 43.6 Å². The molecule has 0 aliphatic heterocycles. The van der Waals surface area contributed by atoms with Crippen molar-refractivity contribution in [2.75, 3.05) is 0 Å². The highest BCUT2D eigenvalue weighted by atomic mass is 32.1. The molecule has 0 aliphatic rings. The van der Waals surface area contributed by atoms with Gasteiger partial charge in [-0.25, -0.2) is 9.97 Å². The van der Waals surface area contributed by atoms with Gasteiger partial charge >= 0.3 is 0 Å². The van der Waals surface area contributed by atoms with Crippen LogP contribution >= 0.6 is 11.3 Å². The van der Waals surface area contributed by atoms with E-state index in [4.69, 9.17) is 15.0 Å². The van der Waals surface area contributed by atoms with E-state index in [0.29, 0.717) is 0 Å². The zero-order chi connectivity index (χ0) is 33.5. The molecule has 11 aromatic rings. The number of hydrogen-bond acceptors (Lipinski definition) is 4. The van der Waals surface area contributed by atoms with Crippen molar-refractivity contribution in [2.24, 2.45) is 0 Å². The number of nitrogens with zero attached hydrogens (tertiary/aromatic N) is 5. The number of pyridine rings is 1. The summed E-state index contributed by atoms with van der Waals surface area (Å²) in [6.07, 6.45) is 3.86. The van der Waals surface area contributed by atoms with Crippen molar-refractivity contribution in [1.82, 2.24) is 24.1 Å². The molecular weight excluding hydrogens is 643 g/mol. The molecule has 51 heavy (non-hydrogen) atoms. The van der Waals surface area contributed by atoms with E-state index in [-0.39, 0.29) is 0 Å². The maximum atomic E-state index is 5.15. The van der Waals surface area contributed by atoms with Crippen LogP contribution in [-0.4, -0.2) is 24.1 Å². The molecule has 5 heterocycles. The molecule has 6 aromatic carbocycles. The third-order valence-electron chi connectivity index (χ3n) is 10.0. The Bertz CT molecular complexity index is 2920. The lowest BCUT2D eigenvalue weighted by Crippen LogP contribution is -1.93. The van der Waals surface area contributed by atoms with Crippen LogP contribution < -0.4 is 0 Å². The molecule has 0 unspecified atom stereocenters. The van der Waals surface area contributed by atoms with Gasteiger partial charge in [0.15, 0.2) is 0 Å². The summed E-state index contributed by atoms with van der Waals surface area (Å²) in [5.41, 5.74) is 12.9. The van der Waals surface area contributed by atoms with Crippen LogP contribution in [0.5, 0.6) is 0 Å². The van der Waals surface area contributed by atoms with Gasteiger partial charge in [-0.2, -0.15) is 0 Å². The van der Waals surface area contributed by atoms with E-state index in [1.54, 1.807) is 11.3 Å². The fraction of sp³-hybridized carbons (Fsp3) is 0. The first kappa shape index (κ1) is 28.2. The molecule has 0 bridgehead atoms. The molecule has 5 nitrogen and oxygen atoms in total. The Hall–Kier alpha value is -6.63. The zero-order valence-corrected chi connectivity index (χ0v) is 28.0. The molecule has 0 N–H and O–H groups in total. The van der Waals surface area contributed by atoms with E-state index >= 15 is 0 Å². The predicted molar refractivity (Wildman–Crippen MR) is 212 cm³/mol. The van der Waals surface area contributed by atoms with Crippen molar-refractivity contribution in [3.05, 3.63) is 164 Å². The Morgan fingerprint density at radius 1 is 0.412 bits per heavy atom. The van der Waals surface area contributed by atoms with Crippen LogP contribution in [0.3, 0.4) is 0 Å². The van der Waals surface area contributed by atoms with Gasteiger partial charge in [-0.15, -0.1) is 11.3 Å². The number of hydrogen-bond donors (Lipinski definition) is 0. The van der Waals surface area contributed by atoms with Gasteiger partial charge in [0.1, 0.15) is 15.9 Å². The average Bonchev–Trinajstić information content (AvgIpc) is 3.85. The number of thiophene rings is 1. The van der Waals surface area contributed by atoms with Crippen LogP contribution in [0.25, 0.3) is 97.9 Å². The topological polar surface area (TPSA) is 48.5 Å². The van der Waals surface area contributed by atoms with Crippen LogP contribution in [0.4, 0.5) is 0 Å². The second-order valence-corrected chi connectivity index (χ2v) is 14.0. The van der Waals surface area contributed by atoms with Gasteiger partial charge in [-0.3, -0.25) is 4.98 Å². The summed E-state index contributed by atoms with van der Waals surface area (Å²) >= 11 is 1.65. The van der Waals surface area contributed by atoms with Crippen LogP contribution in [0.2, 0.25) is 0 Å². The highest BCUT2D eigenvalue weighted by Gasteiger charge is 2.17. The largest absolute Gasteiger partial charge is 0.309 e. The van der Waals surface area contributed by atoms with Gasteiger partial charge in [-0.1, -0.05) is 84.9 Å². The van der Waals surface area contributed by atoms with E-state index in [9.17, 15) is 0 Å². The minimum atomic E-state index is 0.841. The van der Waals surface area contributed by atoms with Crippen molar-refractivity contribution in [1.29, 1.82) is 0 Å². The van der Waals surface area contributed by atoms with Crippen molar-refractivity contribution in [2.45, 2.75) is 0 Å². The molecule has 238 valence electrons. The lowest BCUT2D eigenvalue weighted by molar-refractivity contribution is 1.18. The van der Waals surface area contributed by atoms with Crippen molar-refractivity contribution < 1.29 is 0 Å².